The van der Waals surface area contributed by atoms with Gasteiger partial charge in [-0.3, -0.25) is 4.90 Å². The molecule has 5 rings (SSSR count). The minimum Gasteiger partial charge on any atom is -0.489 e. The van der Waals surface area contributed by atoms with Crippen molar-refractivity contribution >= 4 is 16.1 Å². The zero-order valence-electron chi connectivity index (χ0n) is 25.7. The molecular formula is C33H37N3O8S. The topological polar surface area (TPSA) is 139 Å². The molecule has 2 heterocycles. The van der Waals surface area contributed by atoms with Crippen molar-refractivity contribution in [2.24, 2.45) is 5.92 Å². The molecule has 0 radical (unpaired) electrons. The molecule has 11 nitrogen and oxygen atoms in total. The minimum atomic E-state index is -4.00. The van der Waals surface area contributed by atoms with Gasteiger partial charge in [-0.25, -0.2) is 13.2 Å². The van der Waals surface area contributed by atoms with Crippen LogP contribution in [0.4, 0.5) is 4.79 Å². The van der Waals surface area contributed by atoms with E-state index in [1.807, 2.05) is 50.2 Å². The maximum Gasteiger partial charge on any atom is 0.409 e. The van der Waals surface area contributed by atoms with E-state index >= 15 is 0 Å². The molecule has 0 spiro atoms. The summed E-state index contributed by atoms with van der Waals surface area (Å²) in [7, 11) is -4.00. The van der Waals surface area contributed by atoms with E-state index in [2.05, 4.69) is 6.07 Å². The molecule has 2 atom stereocenters. The van der Waals surface area contributed by atoms with E-state index in [-0.39, 0.29) is 30.7 Å². The molecule has 45 heavy (non-hydrogen) atoms. The van der Waals surface area contributed by atoms with Crippen molar-refractivity contribution in [2.45, 2.75) is 63.5 Å². The van der Waals surface area contributed by atoms with Gasteiger partial charge in [-0.2, -0.15) is 9.57 Å². The molecule has 0 aromatic heterocycles. The third kappa shape index (κ3) is 7.17. The Bertz CT molecular complexity index is 1670. The van der Waals surface area contributed by atoms with Crippen LogP contribution in [0, 0.1) is 17.2 Å². The zero-order chi connectivity index (χ0) is 32.4. The first-order valence-corrected chi connectivity index (χ1v) is 16.1. The summed E-state index contributed by atoms with van der Waals surface area (Å²) in [5, 5.41) is 19.2. The van der Waals surface area contributed by atoms with E-state index in [1.54, 1.807) is 32.0 Å². The van der Waals surface area contributed by atoms with Crippen LogP contribution < -0.4 is 14.2 Å². The van der Waals surface area contributed by atoms with Crippen LogP contribution >= 0.6 is 0 Å². The Kier molecular flexibility index (Phi) is 9.25. The highest BCUT2D eigenvalue weighted by Crippen LogP contribution is 2.37. The summed E-state index contributed by atoms with van der Waals surface area (Å²) in [5.74, 6) is 1.47. The highest BCUT2D eigenvalue weighted by atomic mass is 32.2. The maximum atomic E-state index is 13.9. The quantitative estimate of drug-likeness (QED) is 0.300. The lowest BCUT2D eigenvalue weighted by atomic mass is 10.00. The molecule has 1 N–H and O–H groups in total. The molecule has 0 aliphatic carbocycles. The van der Waals surface area contributed by atoms with E-state index < -0.39 is 34.0 Å². The van der Waals surface area contributed by atoms with Crippen molar-refractivity contribution in [3.8, 4) is 23.3 Å². The van der Waals surface area contributed by atoms with Gasteiger partial charge in [0, 0.05) is 19.2 Å². The van der Waals surface area contributed by atoms with Crippen LogP contribution in [0.15, 0.2) is 71.6 Å². The van der Waals surface area contributed by atoms with Crippen molar-refractivity contribution in [2.75, 3.05) is 19.9 Å². The largest absolute Gasteiger partial charge is 0.489 e. The third-order valence-corrected chi connectivity index (χ3v) is 9.61. The SMILES string of the molecule is CC(C)CN(C[C@H]1OC(C)(C)N(C(=O)O)[C@H]1Cc1ccc(OCc2ccc(C#N)cc2)cc1)S(=O)(=O)c1ccc2c(c1)OCO2. The van der Waals surface area contributed by atoms with Gasteiger partial charge in [0.25, 0.3) is 0 Å². The van der Waals surface area contributed by atoms with Crippen molar-refractivity contribution in [1.82, 2.24) is 9.21 Å². The number of ether oxygens (including phenoxy) is 4. The molecule has 2 aliphatic heterocycles. The Hall–Kier alpha value is -4.31. The average molecular weight is 636 g/mol. The summed E-state index contributed by atoms with van der Waals surface area (Å²) >= 11 is 0. The standard InChI is InChI=1S/C33H37N3O8S/c1-22(2)18-35(45(39,40)27-13-14-29-30(16-27)43-21-42-29)19-31-28(36(32(37)38)33(3,4)44-31)15-23-9-11-26(12-10-23)41-20-25-7-5-24(17-34)6-8-25/h5-14,16,22,28,31H,15,18-21H2,1-4H3,(H,37,38)/t28-,31+/m0/s1. The summed E-state index contributed by atoms with van der Waals surface area (Å²) in [6.45, 7) is 7.72. The van der Waals surface area contributed by atoms with E-state index in [4.69, 9.17) is 24.2 Å². The fourth-order valence-electron chi connectivity index (χ4n) is 5.70. The highest BCUT2D eigenvalue weighted by molar-refractivity contribution is 7.89. The first kappa shape index (κ1) is 32.1. The summed E-state index contributed by atoms with van der Waals surface area (Å²) in [5.41, 5.74) is 1.16. The first-order valence-electron chi connectivity index (χ1n) is 14.7. The molecular weight excluding hydrogens is 598 g/mol. The summed E-state index contributed by atoms with van der Waals surface area (Å²) in [6.07, 6.45) is -1.59. The number of benzene rings is 3. The number of amides is 1. The van der Waals surface area contributed by atoms with Gasteiger partial charge in [-0.1, -0.05) is 38.1 Å². The number of nitriles is 1. The van der Waals surface area contributed by atoms with Gasteiger partial charge < -0.3 is 24.1 Å². The second-order valence-electron chi connectivity index (χ2n) is 12.0. The van der Waals surface area contributed by atoms with Crippen LogP contribution in [-0.2, 0) is 27.8 Å². The van der Waals surface area contributed by atoms with Crippen LogP contribution in [-0.4, -0.2) is 66.6 Å². The lowest BCUT2D eigenvalue weighted by Gasteiger charge is -2.31. The monoisotopic (exact) mass is 635 g/mol. The van der Waals surface area contributed by atoms with E-state index in [1.165, 1.54) is 21.3 Å². The lowest BCUT2D eigenvalue weighted by Crippen LogP contribution is -2.50. The number of nitrogens with zero attached hydrogens (tertiary/aromatic N) is 3. The first-order chi connectivity index (χ1) is 21.4. The molecule has 0 saturated carbocycles. The number of hydrogen-bond acceptors (Lipinski definition) is 8. The average Bonchev–Trinajstić information content (AvgIpc) is 3.57. The molecule has 3 aromatic carbocycles. The highest BCUT2D eigenvalue weighted by Gasteiger charge is 2.51. The molecule has 1 fully saturated rings. The van der Waals surface area contributed by atoms with E-state index in [0.717, 1.165) is 11.1 Å². The van der Waals surface area contributed by atoms with Gasteiger partial charge >= 0.3 is 6.09 Å². The third-order valence-electron chi connectivity index (χ3n) is 7.78. The van der Waals surface area contributed by atoms with Gasteiger partial charge in [-0.05, 0) is 73.7 Å². The van der Waals surface area contributed by atoms with Crippen molar-refractivity contribution < 1.29 is 37.3 Å². The molecule has 2 aliphatic rings. The lowest BCUT2D eigenvalue weighted by molar-refractivity contribution is -0.0690. The second kappa shape index (κ2) is 13.0. The summed E-state index contributed by atoms with van der Waals surface area (Å²) in [6, 6.07) is 20.5. The minimum absolute atomic E-state index is 0.00551. The molecule has 3 aromatic rings. The Balaban J connectivity index is 1.36. The van der Waals surface area contributed by atoms with Gasteiger partial charge in [0.1, 0.15) is 18.1 Å². The molecule has 1 saturated heterocycles. The fraction of sp³-hybridized carbons (Fsp3) is 0.394. The second-order valence-corrected chi connectivity index (χ2v) is 13.9. The van der Waals surface area contributed by atoms with E-state index in [0.29, 0.717) is 35.8 Å². The number of fused-ring (bicyclic) bond motifs is 1. The maximum absolute atomic E-state index is 13.9. The van der Waals surface area contributed by atoms with Crippen molar-refractivity contribution in [1.29, 1.82) is 5.26 Å². The molecule has 12 heteroatoms. The van der Waals surface area contributed by atoms with Crippen LogP contribution in [0.3, 0.4) is 0 Å². The van der Waals surface area contributed by atoms with E-state index in [9.17, 15) is 18.3 Å². The Morgan fingerprint density at radius 1 is 1.07 bits per heavy atom. The zero-order valence-corrected chi connectivity index (χ0v) is 26.5. The molecule has 238 valence electrons. The number of rotatable bonds is 11. The predicted octanol–water partition coefficient (Wildman–Crippen LogP) is 5.24. The van der Waals surface area contributed by atoms with Crippen LogP contribution in [0.1, 0.15) is 44.4 Å². The van der Waals surface area contributed by atoms with Crippen molar-refractivity contribution in [3.05, 3.63) is 83.4 Å². The van der Waals surface area contributed by atoms with Gasteiger partial charge in [-0.15, -0.1) is 0 Å². The number of carboxylic acid groups (broad SMARTS) is 1. The Labute approximate surface area is 263 Å². The summed E-state index contributed by atoms with van der Waals surface area (Å²) in [4.78, 5) is 13.9. The number of hydrogen-bond donors (Lipinski definition) is 1. The summed E-state index contributed by atoms with van der Waals surface area (Å²) < 4.78 is 52.2. The fourth-order valence-corrected chi connectivity index (χ4v) is 7.33. The van der Waals surface area contributed by atoms with Crippen molar-refractivity contribution in [3.63, 3.8) is 0 Å². The Morgan fingerprint density at radius 3 is 2.38 bits per heavy atom. The predicted molar refractivity (Wildman–Crippen MR) is 164 cm³/mol. The Morgan fingerprint density at radius 2 is 1.73 bits per heavy atom. The van der Waals surface area contributed by atoms with Gasteiger partial charge in [0.15, 0.2) is 11.5 Å². The molecule has 1 amide bonds. The van der Waals surface area contributed by atoms with Gasteiger partial charge in [0.2, 0.25) is 16.8 Å². The van der Waals surface area contributed by atoms with Gasteiger partial charge in [0.05, 0.1) is 28.7 Å². The van der Waals surface area contributed by atoms with Crippen LogP contribution in [0.25, 0.3) is 0 Å². The van der Waals surface area contributed by atoms with Crippen LogP contribution in [0.5, 0.6) is 17.2 Å². The smallest absolute Gasteiger partial charge is 0.409 e. The number of carbonyl (C=O) groups is 1. The normalized spacial score (nSPS) is 18.7. The number of sulfonamides is 1. The molecule has 0 unspecified atom stereocenters. The molecule has 0 bridgehead atoms. The van der Waals surface area contributed by atoms with Crippen LogP contribution in [0.2, 0.25) is 0 Å².